The Morgan fingerprint density at radius 2 is 1.90 bits per heavy atom. The fraction of sp³-hybridized carbons (Fsp3) is 0.533. The van der Waals surface area contributed by atoms with Crippen LogP contribution < -0.4 is 22.0 Å². The number of nitrogens with one attached hydrogen (secondary N) is 1. The number of hydrogen-bond acceptors (Lipinski definition) is 3. The second-order valence-corrected chi connectivity index (χ2v) is 4.42. The number of ether oxygens (including phenoxy) is 2. The molecule has 0 atom stereocenters. The van der Waals surface area contributed by atoms with Gasteiger partial charge in [-0.2, -0.15) is 0 Å². The van der Waals surface area contributed by atoms with Gasteiger partial charge in [-0.05, 0) is 39.0 Å². The number of esters is 1. The zero-order valence-electron chi connectivity index (χ0n) is 12.7. The van der Waals surface area contributed by atoms with Gasteiger partial charge in [-0.3, -0.25) is 0 Å². The van der Waals surface area contributed by atoms with E-state index in [9.17, 15) is 9.18 Å². The molecule has 0 spiro atoms. The molecule has 4 nitrogen and oxygen atoms in total. The quantitative estimate of drug-likeness (QED) is 0.581. The molecule has 0 bridgehead atoms. The molecule has 0 saturated carbocycles. The summed E-state index contributed by atoms with van der Waals surface area (Å²) in [5.41, 5.74) is 0.140. The average Bonchev–Trinajstić information content (AvgIpc) is 2.45. The summed E-state index contributed by atoms with van der Waals surface area (Å²) in [6.07, 6.45) is 0. The molecule has 0 aliphatic rings. The molecule has 6 heteroatoms. The third kappa shape index (κ3) is 6.31. The number of carbonyl (C=O) groups is 1. The van der Waals surface area contributed by atoms with Crippen molar-refractivity contribution in [3.8, 4) is 5.75 Å². The van der Waals surface area contributed by atoms with E-state index >= 15 is 0 Å². The molecule has 0 unspecified atom stereocenters. The molecule has 0 aliphatic heterocycles. The van der Waals surface area contributed by atoms with Crippen molar-refractivity contribution < 1.29 is 36.0 Å². The molecule has 0 saturated heterocycles. The average molecular weight is 320 g/mol. The van der Waals surface area contributed by atoms with Crippen molar-refractivity contribution in [2.45, 2.75) is 20.8 Å². The largest absolute Gasteiger partial charge is 1.00 e. The van der Waals surface area contributed by atoms with Crippen molar-refractivity contribution in [3.05, 3.63) is 29.6 Å². The number of carbonyl (C=O) groups excluding carboxylic acids is 1. The predicted molar refractivity (Wildman–Crippen MR) is 74.8 cm³/mol. The maximum Gasteiger partial charge on any atom is 0.342 e. The first-order chi connectivity index (χ1) is 9.62. The SMILES string of the molecule is CCOc1ccc(F)cc1C(=O)OCC[NH+](CC)CC.[Cl-]. The first kappa shape index (κ1) is 19.7. The van der Waals surface area contributed by atoms with Crippen LogP contribution in [-0.2, 0) is 4.74 Å². The molecule has 0 aliphatic carbocycles. The summed E-state index contributed by atoms with van der Waals surface area (Å²) < 4.78 is 23.7. The topological polar surface area (TPSA) is 40.0 Å². The molecule has 1 rings (SSSR count). The Bertz CT molecular complexity index is 439. The van der Waals surface area contributed by atoms with Gasteiger partial charge in [0.2, 0.25) is 0 Å². The standard InChI is InChI=1S/C15H22FNO3.ClH/c1-4-17(5-2)9-10-20-15(18)13-11-12(16)7-8-14(13)19-6-3;/h7-8,11H,4-6,9-10H2,1-3H3;1H. The molecule has 0 aromatic heterocycles. The number of halogens is 2. The Kier molecular flexibility index (Phi) is 9.75. The Hall–Kier alpha value is -1.33. The van der Waals surface area contributed by atoms with Crippen molar-refractivity contribution in [1.82, 2.24) is 0 Å². The number of quaternary nitrogens is 1. The summed E-state index contributed by atoms with van der Waals surface area (Å²) >= 11 is 0. The number of likely N-dealkylation sites (N-methyl/N-ethyl adjacent to an activating group) is 1. The summed E-state index contributed by atoms with van der Waals surface area (Å²) in [4.78, 5) is 13.3. The molecule has 120 valence electrons. The third-order valence-corrected chi connectivity index (χ3v) is 3.15. The van der Waals surface area contributed by atoms with Gasteiger partial charge in [0.25, 0.3) is 0 Å². The maximum atomic E-state index is 13.2. The lowest BCUT2D eigenvalue weighted by molar-refractivity contribution is -0.896. The number of rotatable bonds is 8. The summed E-state index contributed by atoms with van der Waals surface area (Å²) in [5, 5.41) is 0. The second-order valence-electron chi connectivity index (χ2n) is 4.42. The van der Waals surface area contributed by atoms with Crippen LogP contribution in [0.15, 0.2) is 18.2 Å². The van der Waals surface area contributed by atoms with Crippen LogP contribution in [0, 0.1) is 5.82 Å². The van der Waals surface area contributed by atoms with Gasteiger partial charge < -0.3 is 26.8 Å². The maximum absolute atomic E-state index is 13.2. The van der Waals surface area contributed by atoms with Crippen LogP contribution in [0.2, 0.25) is 0 Å². The first-order valence-electron chi connectivity index (χ1n) is 7.05. The van der Waals surface area contributed by atoms with Gasteiger partial charge >= 0.3 is 5.97 Å². The number of hydrogen-bond donors (Lipinski definition) is 1. The van der Waals surface area contributed by atoms with E-state index in [1.165, 1.54) is 17.0 Å². The normalized spacial score (nSPS) is 10.1. The van der Waals surface area contributed by atoms with Crippen LogP contribution in [0.5, 0.6) is 5.75 Å². The van der Waals surface area contributed by atoms with Gasteiger partial charge in [-0.25, -0.2) is 9.18 Å². The lowest BCUT2D eigenvalue weighted by Crippen LogP contribution is -3.11. The van der Waals surface area contributed by atoms with Gasteiger partial charge in [0, 0.05) is 0 Å². The molecule has 0 radical (unpaired) electrons. The van der Waals surface area contributed by atoms with E-state index in [0.29, 0.717) is 19.0 Å². The summed E-state index contributed by atoms with van der Waals surface area (Å²) in [6.45, 7) is 9.42. The summed E-state index contributed by atoms with van der Waals surface area (Å²) in [7, 11) is 0. The Balaban J connectivity index is 0.00000400. The van der Waals surface area contributed by atoms with Gasteiger partial charge in [-0.15, -0.1) is 0 Å². The molecule has 0 amide bonds. The van der Waals surface area contributed by atoms with Gasteiger partial charge in [0.1, 0.15) is 30.3 Å². The van der Waals surface area contributed by atoms with Crippen LogP contribution >= 0.6 is 0 Å². The smallest absolute Gasteiger partial charge is 0.342 e. The van der Waals surface area contributed by atoms with E-state index in [1.807, 2.05) is 6.92 Å². The van der Waals surface area contributed by atoms with Crippen LogP contribution in [0.4, 0.5) is 4.39 Å². The minimum absolute atomic E-state index is 0. The van der Waals surface area contributed by atoms with Crippen LogP contribution in [0.3, 0.4) is 0 Å². The molecule has 1 aromatic rings. The Morgan fingerprint density at radius 1 is 1.24 bits per heavy atom. The molecule has 21 heavy (non-hydrogen) atoms. The summed E-state index contributed by atoms with van der Waals surface area (Å²) in [5.74, 6) is -0.664. The highest BCUT2D eigenvalue weighted by molar-refractivity contribution is 5.92. The highest BCUT2D eigenvalue weighted by atomic mass is 35.5. The lowest BCUT2D eigenvalue weighted by Gasteiger charge is -2.15. The van der Waals surface area contributed by atoms with E-state index in [2.05, 4.69) is 13.8 Å². The van der Waals surface area contributed by atoms with Gasteiger partial charge in [0.15, 0.2) is 0 Å². The lowest BCUT2D eigenvalue weighted by atomic mass is 10.2. The highest BCUT2D eigenvalue weighted by Crippen LogP contribution is 2.20. The number of benzene rings is 1. The molecule has 1 N–H and O–H groups in total. The van der Waals surface area contributed by atoms with Crippen molar-refractivity contribution in [2.24, 2.45) is 0 Å². The van der Waals surface area contributed by atoms with Crippen molar-refractivity contribution in [1.29, 1.82) is 0 Å². The molecule has 0 fully saturated rings. The van der Waals surface area contributed by atoms with Crippen LogP contribution in [0.1, 0.15) is 31.1 Å². The third-order valence-electron chi connectivity index (χ3n) is 3.15. The minimum atomic E-state index is -0.542. The second kappa shape index (κ2) is 10.4. The Labute approximate surface area is 131 Å². The molecule has 0 heterocycles. The van der Waals surface area contributed by atoms with E-state index < -0.39 is 11.8 Å². The minimum Gasteiger partial charge on any atom is -1.00 e. The molecular formula is C15H23ClFNO3. The fourth-order valence-corrected chi connectivity index (χ4v) is 1.91. The molecular weight excluding hydrogens is 297 g/mol. The van der Waals surface area contributed by atoms with Gasteiger partial charge in [-0.1, -0.05) is 0 Å². The Morgan fingerprint density at radius 3 is 2.48 bits per heavy atom. The predicted octanol–water partition coefficient (Wildman–Crippen LogP) is -1.69. The zero-order valence-corrected chi connectivity index (χ0v) is 13.5. The van der Waals surface area contributed by atoms with E-state index in [4.69, 9.17) is 9.47 Å². The zero-order chi connectivity index (χ0) is 15.0. The molecule has 1 aromatic carbocycles. The van der Waals surface area contributed by atoms with Crippen molar-refractivity contribution in [3.63, 3.8) is 0 Å². The summed E-state index contributed by atoms with van der Waals surface area (Å²) in [6, 6.07) is 3.87. The first-order valence-corrected chi connectivity index (χ1v) is 7.05. The van der Waals surface area contributed by atoms with E-state index in [0.717, 1.165) is 25.7 Å². The van der Waals surface area contributed by atoms with Crippen molar-refractivity contribution in [2.75, 3.05) is 32.8 Å². The fourth-order valence-electron chi connectivity index (χ4n) is 1.91. The van der Waals surface area contributed by atoms with Crippen LogP contribution in [-0.4, -0.2) is 38.8 Å². The highest BCUT2D eigenvalue weighted by Gasteiger charge is 2.16. The van der Waals surface area contributed by atoms with E-state index in [1.54, 1.807) is 0 Å². The van der Waals surface area contributed by atoms with Gasteiger partial charge in [0.05, 0.1) is 19.7 Å². The van der Waals surface area contributed by atoms with Crippen molar-refractivity contribution >= 4 is 5.97 Å². The van der Waals surface area contributed by atoms with E-state index in [-0.39, 0.29) is 18.0 Å². The monoisotopic (exact) mass is 319 g/mol. The van der Waals surface area contributed by atoms with Crippen LogP contribution in [0.25, 0.3) is 0 Å².